The van der Waals surface area contributed by atoms with Crippen LogP contribution in [0.1, 0.15) is 28.8 Å². The van der Waals surface area contributed by atoms with Gasteiger partial charge in [0.25, 0.3) is 5.91 Å². The van der Waals surface area contributed by atoms with Crippen molar-refractivity contribution < 1.29 is 14.4 Å². The van der Waals surface area contributed by atoms with Crippen LogP contribution in [0.3, 0.4) is 0 Å². The molecule has 166 valence electrons. The molecule has 7 heteroatoms. The number of piperazine rings is 1. The topological polar surface area (TPSA) is 81.8 Å². The normalized spacial score (nSPS) is 19.2. The van der Waals surface area contributed by atoms with E-state index in [0.717, 1.165) is 19.6 Å². The van der Waals surface area contributed by atoms with E-state index >= 15 is 0 Å². The second-order valence-electron chi connectivity index (χ2n) is 8.09. The number of fused-ring (bicyclic) bond motifs is 1. The number of carbonyl (C=O) groups is 3. The van der Waals surface area contributed by atoms with Gasteiger partial charge in [0.15, 0.2) is 0 Å². The molecule has 0 aliphatic carbocycles. The fraction of sp³-hybridized carbons (Fsp3) is 0.320. The molecule has 0 saturated carbocycles. The molecule has 3 amide bonds. The number of nitrogens with one attached hydrogen (secondary N) is 2. The molecule has 0 spiro atoms. The molecular formula is C25H28N4O3. The number of para-hydroxylation sites is 1. The number of nitrogens with zero attached hydrogens (tertiary/aromatic N) is 2. The van der Waals surface area contributed by atoms with Gasteiger partial charge in [0.05, 0.1) is 11.3 Å². The number of rotatable bonds is 6. The van der Waals surface area contributed by atoms with Crippen molar-refractivity contribution in [3.05, 3.63) is 71.8 Å². The molecule has 0 unspecified atom stereocenters. The molecule has 0 bridgehead atoms. The number of hydrogen-bond donors (Lipinski definition) is 2. The van der Waals surface area contributed by atoms with Gasteiger partial charge in [-0.2, -0.15) is 0 Å². The van der Waals surface area contributed by atoms with E-state index in [1.165, 1.54) is 5.56 Å². The maximum absolute atomic E-state index is 12.7. The molecule has 2 aliphatic rings. The Balaban J connectivity index is 1.22. The largest absolute Gasteiger partial charge is 0.340 e. The summed E-state index contributed by atoms with van der Waals surface area (Å²) in [7, 11) is 0. The van der Waals surface area contributed by atoms with Gasteiger partial charge < -0.3 is 15.5 Å². The van der Waals surface area contributed by atoms with Gasteiger partial charge in [-0.3, -0.25) is 19.3 Å². The second kappa shape index (κ2) is 10.2. The zero-order valence-electron chi connectivity index (χ0n) is 18.0. The van der Waals surface area contributed by atoms with E-state index in [9.17, 15) is 14.4 Å². The van der Waals surface area contributed by atoms with Gasteiger partial charge in [0.2, 0.25) is 11.8 Å². The van der Waals surface area contributed by atoms with Crippen molar-refractivity contribution in [3.63, 3.8) is 0 Å². The van der Waals surface area contributed by atoms with Crippen molar-refractivity contribution >= 4 is 29.5 Å². The highest BCUT2D eigenvalue weighted by Gasteiger charge is 2.29. The third kappa shape index (κ3) is 5.42. The first-order chi connectivity index (χ1) is 15.6. The molecule has 0 aromatic heterocycles. The number of amides is 3. The SMILES string of the molecule is O=C1N[C@@H](CCC(=O)N2CCN(CC=Cc3ccccc3)CC2)C(=O)Nc2ccccc21. The molecule has 2 heterocycles. The maximum atomic E-state index is 12.7. The molecule has 1 saturated heterocycles. The maximum Gasteiger partial charge on any atom is 0.254 e. The highest BCUT2D eigenvalue weighted by molar-refractivity contribution is 6.09. The summed E-state index contributed by atoms with van der Waals surface area (Å²) >= 11 is 0. The molecule has 1 fully saturated rings. The average molecular weight is 433 g/mol. The minimum atomic E-state index is -0.719. The lowest BCUT2D eigenvalue weighted by molar-refractivity contribution is -0.133. The molecule has 2 aromatic carbocycles. The van der Waals surface area contributed by atoms with Crippen LogP contribution >= 0.6 is 0 Å². The van der Waals surface area contributed by atoms with E-state index in [-0.39, 0.29) is 30.6 Å². The van der Waals surface area contributed by atoms with Crippen LogP contribution in [0.2, 0.25) is 0 Å². The van der Waals surface area contributed by atoms with Gasteiger partial charge in [0.1, 0.15) is 6.04 Å². The molecule has 2 aromatic rings. The molecule has 4 rings (SSSR count). The van der Waals surface area contributed by atoms with E-state index in [1.807, 2.05) is 23.1 Å². The van der Waals surface area contributed by atoms with E-state index in [0.29, 0.717) is 24.3 Å². The van der Waals surface area contributed by atoms with E-state index < -0.39 is 6.04 Å². The monoisotopic (exact) mass is 432 g/mol. The summed E-state index contributed by atoms with van der Waals surface area (Å²) < 4.78 is 0. The van der Waals surface area contributed by atoms with Gasteiger partial charge in [0, 0.05) is 39.1 Å². The van der Waals surface area contributed by atoms with Crippen LogP contribution < -0.4 is 10.6 Å². The van der Waals surface area contributed by atoms with Gasteiger partial charge in [-0.1, -0.05) is 54.6 Å². The van der Waals surface area contributed by atoms with Crippen LogP contribution in [-0.4, -0.2) is 66.3 Å². The van der Waals surface area contributed by atoms with Gasteiger partial charge in [-0.15, -0.1) is 0 Å². The van der Waals surface area contributed by atoms with Crippen LogP contribution in [0.15, 0.2) is 60.7 Å². The summed E-state index contributed by atoms with van der Waals surface area (Å²) in [4.78, 5) is 41.8. The zero-order valence-corrected chi connectivity index (χ0v) is 18.0. The first-order valence-corrected chi connectivity index (χ1v) is 11.0. The third-order valence-electron chi connectivity index (χ3n) is 5.90. The molecule has 1 atom stereocenters. The first-order valence-electron chi connectivity index (χ1n) is 11.0. The van der Waals surface area contributed by atoms with Crippen molar-refractivity contribution in [1.82, 2.24) is 15.1 Å². The summed E-state index contributed by atoms with van der Waals surface area (Å²) in [5, 5.41) is 5.53. The Bertz CT molecular complexity index is 997. The standard InChI is InChI=1S/C25H28N4O3/c30-23(13-12-22-25(32)26-21-11-5-4-10-20(21)24(31)27-22)29-17-15-28(16-18-29)14-6-9-19-7-2-1-3-8-19/h1-11,22H,12-18H2,(H,26,32)(H,27,31)/t22-/m0/s1. The Morgan fingerprint density at radius 1 is 0.969 bits per heavy atom. The highest BCUT2D eigenvalue weighted by Crippen LogP contribution is 2.19. The van der Waals surface area contributed by atoms with Crippen LogP contribution in [0.5, 0.6) is 0 Å². The molecule has 2 aliphatic heterocycles. The molecule has 0 radical (unpaired) electrons. The summed E-state index contributed by atoms with van der Waals surface area (Å²) in [6, 6.07) is 16.4. The first kappa shape index (κ1) is 21.8. The zero-order chi connectivity index (χ0) is 22.3. The van der Waals surface area contributed by atoms with Crippen molar-refractivity contribution in [2.45, 2.75) is 18.9 Å². The number of hydrogen-bond acceptors (Lipinski definition) is 4. The fourth-order valence-corrected chi connectivity index (χ4v) is 4.02. The van der Waals surface area contributed by atoms with Crippen LogP contribution in [0.4, 0.5) is 5.69 Å². The molecule has 7 nitrogen and oxygen atoms in total. The van der Waals surface area contributed by atoms with E-state index in [1.54, 1.807) is 24.3 Å². The van der Waals surface area contributed by atoms with E-state index in [2.05, 4.69) is 39.8 Å². The van der Waals surface area contributed by atoms with Gasteiger partial charge in [-0.25, -0.2) is 0 Å². The lowest BCUT2D eigenvalue weighted by Gasteiger charge is -2.34. The fourth-order valence-electron chi connectivity index (χ4n) is 4.02. The number of anilines is 1. The summed E-state index contributed by atoms with van der Waals surface area (Å²) in [5.74, 6) is -0.562. The predicted molar refractivity (Wildman–Crippen MR) is 124 cm³/mol. The predicted octanol–water partition coefficient (Wildman–Crippen LogP) is 2.37. The lowest BCUT2D eigenvalue weighted by Crippen LogP contribution is -2.49. The van der Waals surface area contributed by atoms with Crippen LogP contribution in [0, 0.1) is 0 Å². The Kier molecular flexibility index (Phi) is 6.97. The quantitative estimate of drug-likeness (QED) is 0.734. The lowest BCUT2D eigenvalue weighted by atomic mass is 10.1. The Hall–Kier alpha value is -3.45. The summed E-state index contributed by atoms with van der Waals surface area (Å²) in [5.41, 5.74) is 2.12. The average Bonchev–Trinajstić information content (AvgIpc) is 2.94. The molecular weight excluding hydrogens is 404 g/mol. The summed E-state index contributed by atoms with van der Waals surface area (Å²) in [6.07, 6.45) is 4.77. The van der Waals surface area contributed by atoms with Gasteiger partial charge >= 0.3 is 0 Å². The molecule has 32 heavy (non-hydrogen) atoms. The second-order valence-corrected chi connectivity index (χ2v) is 8.09. The smallest absolute Gasteiger partial charge is 0.254 e. The number of carbonyl (C=O) groups excluding carboxylic acids is 3. The Morgan fingerprint density at radius 2 is 1.69 bits per heavy atom. The van der Waals surface area contributed by atoms with Gasteiger partial charge in [-0.05, 0) is 24.1 Å². The van der Waals surface area contributed by atoms with Crippen molar-refractivity contribution in [2.75, 3.05) is 38.0 Å². The third-order valence-corrected chi connectivity index (χ3v) is 5.90. The minimum Gasteiger partial charge on any atom is -0.340 e. The highest BCUT2D eigenvalue weighted by atomic mass is 16.2. The molecule has 2 N–H and O–H groups in total. The van der Waals surface area contributed by atoms with Crippen molar-refractivity contribution in [3.8, 4) is 0 Å². The van der Waals surface area contributed by atoms with Crippen molar-refractivity contribution in [1.29, 1.82) is 0 Å². The Morgan fingerprint density at radius 3 is 2.47 bits per heavy atom. The van der Waals surface area contributed by atoms with E-state index in [4.69, 9.17) is 0 Å². The summed E-state index contributed by atoms with van der Waals surface area (Å²) in [6.45, 7) is 3.84. The Labute approximate surface area is 188 Å². The van der Waals surface area contributed by atoms with Crippen molar-refractivity contribution in [2.24, 2.45) is 0 Å². The number of benzene rings is 2. The minimum absolute atomic E-state index is 0.0216. The van der Waals surface area contributed by atoms with Crippen LogP contribution in [0.25, 0.3) is 6.08 Å². The van der Waals surface area contributed by atoms with Crippen LogP contribution in [-0.2, 0) is 9.59 Å².